The first-order valence-corrected chi connectivity index (χ1v) is 13.4. The van der Waals surface area contributed by atoms with E-state index in [4.69, 9.17) is 4.52 Å². The minimum Gasteiger partial charge on any atom is -0.360 e. The largest absolute Gasteiger partial charge is 0.360 e. The lowest BCUT2D eigenvalue weighted by Gasteiger charge is -2.38. The lowest BCUT2D eigenvalue weighted by Crippen LogP contribution is -2.51. The van der Waals surface area contributed by atoms with Gasteiger partial charge in [-0.1, -0.05) is 11.2 Å². The van der Waals surface area contributed by atoms with E-state index in [0.717, 1.165) is 43.8 Å². The Morgan fingerprint density at radius 3 is 2.45 bits per heavy atom. The minimum absolute atomic E-state index is 0.0973. The number of benzene rings is 1. The predicted octanol–water partition coefficient (Wildman–Crippen LogP) is 2.22. The summed E-state index contributed by atoms with van der Waals surface area (Å²) in [5, 5.41) is 3.93. The molecular formula is C24H32N4O4S. The van der Waals surface area contributed by atoms with Gasteiger partial charge in [0, 0.05) is 51.3 Å². The number of fused-ring (bicyclic) bond motifs is 1. The number of carbonyl (C=O) groups excluding carboxylic acids is 1. The van der Waals surface area contributed by atoms with Gasteiger partial charge in [0.05, 0.1) is 17.1 Å². The zero-order chi connectivity index (χ0) is 23.0. The van der Waals surface area contributed by atoms with Crippen LogP contribution in [0.1, 0.15) is 41.8 Å². The maximum atomic E-state index is 13.2. The van der Waals surface area contributed by atoms with E-state index in [2.05, 4.69) is 10.1 Å². The smallest absolute Gasteiger partial charge is 0.243 e. The van der Waals surface area contributed by atoms with Crippen LogP contribution in [0.5, 0.6) is 0 Å². The number of hydrogen-bond acceptors (Lipinski definition) is 6. The number of amides is 1. The molecule has 2 aromatic rings. The molecule has 5 rings (SSSR count). The Hall–Kier alpha value is -2.23. The van der Waals surface area contributed by atoms with E-state index in [0.29, 0.717) is 50.5 Å². The zero-order valence-electron chi connectivity index (χ0n) is 19.2. The van der Waals surface area contributed by atoms with Gasteiger partial charge in [0.15, 0.2) is 5.76 Å². The van der Waals surface area contributed by atoms with Crippen LogP contribution in [0.4, 0.5) is 0 Å². The second-order valence-corrected chi connectivity index (χ2v) is 11.4. The number of piperidine rings is 1. The molecule has 0 bridgehead atoms. The summed E-state index contributed by atoms with van der Waals surface area (Å²) >= 11 is 0. The zero-order valence-corrected chi connectivity index (χ0v) is 20.0. The van der Waals surface area contributed by atoms with E-state index in [1.165, 1.54) is 11.1 Å². The highest BCUT2D eigenvalue weighted by Crippen LogP contribution is 2.29. The summed E-state index contributed by atoms with van der Waals surface area (Å²) in [6, 6.07) is 7.52. The maximum Gasteiger partial charge on any atom is 0.243 e. The third kappa shape index (κ3) is 4.72. The molecule has 1 aromatic heterocycles. The van der Waals surface area contributed by atoms with E-state index >= 15 is 0 Å². The van der Waals surface area contributed by atoms with Crippen LogP contribution in [0.3, 0.4) is 0 Å². The first-order chi connectivity index (χ1) is 15.9. The molecule has 0 radical (unpaired) electrons. The summed E-state index contributed by atoms with van der Waals surface area (Å²) in [7, 11) is -3.51. The standard InChI is InChI=1S/C24H32N4O4S/c1-18-15-22(32-25-18)17-26-11-13-27(14-12-26)24(29)20-7-9-28(10-8-20)33(30,31)23-6-5-19-3-2-4-21(19)16-23/h5-6,15-16,20H,2-4,7-14,17H2,1H3. The van der Waals surface area contributed by atoms with Gasteiger partial charge in [0.25, 0.3) is 0 Å². The molecule has 1 aliphatic carbocycles. The first-order valence-electron chi connectivity index (χ1n) is 12.0. The van der Waals surface area contributed by atoms with E-state index in [1.807, 2.05) is 30.0 Å². The normalized spacial score (nSPS) is 20.8. The van der Waals surface area contributed by atoms with Crippen LogP contribution in [0.2, 0.25) is 0 Å². The van der Waals surface area contributed by atoms with Gasteiger partial charge in [-0.15, -0.1) is 0 Å². The fourth-order valence-corrected chi connectivity index (χ4v) is 6.82. The second kappa shape index (κ2) is 9.19. The SMILES string of the molecule is Cc1cc(CN2CCN(C(=O)C3CCN(S(=O)(=O)c4ccc5c(c4)CCC5)CC3)CC2)on1. The molecule has 3 heterocycles. The van der Waals surface area contributed by atoms with Crippen LogP contribution < -0.4 is 0 Å². The lowest BCUT2D eigenvalue weighted by molar-refractivity contribution is -0.138. The minimum atomic E-state index is -3.51. The topological polar surface area (TPSA) is 87.0 Å². The predicted molar refractivity (Wildman–Crippen MR) is 123 cm³/mol. The fraction of sp³-hybridized carbons (Fsp3) is 0.583. The molecule has 2 aliphatic heterocycles. The van der Waals surface area contributed by atoms with Crippen molar-refractivity contribution in [3.63, 3.8) is 0 Å². The van der Waals surface area contributed by atoms with Crippen LogP contribution in [-0.4, -0.2) is 72.9 Å². The molecule has 178 valence electrons. The van der Waals surface area contributed by atoms with Gasteiger partial charge in [0.2, 0.25) is 15.9 Å². The molecule has 0 spiro atoms. The molecule has 0 saturated carbocycles. The maximum absolute atomic E-state index is 13.2. The third-order valence-corrected chi connectivity index (χ3v) is 9.15. The van der Waals surface area contributed by atoms with Gasteiger partial charge in [-0.2, -0.15) is 4.31 Å². The average molecular weight is 473 g/mol. The Kier molecular flexibility index (Phi) is 6.28. The van der Waals surface area contributed by atoms with Crippen molar-refractivity contribution >= 4 is 15.9 Å². The second-order valence-electron chi connectivity index (χ2n) is 9.50. The summed E-state index contributed by atoms with van der Waals surface area (Å²) in [5.74, 6) is 0.920. The molecule has 0 unspecified atom stereocenters. The number of hydrogen-bond donors (Lipinski definition) is 0. The summed E-state index contributed by atoms with van der Waals surface area (Å²) in [5.41, 5.74) is 3.32. The molecule has 0 N–H and O–H groups in total. The monoisotopic (exact) mass is 472 g/mol. The fourth-order valence-electron chi connectivity index (χ4n) is 5.30. The van der Waals surface area contributed by atoms with E-state index < -0.39 is 10.0 Å². The molecule has 0 atom stereocenters. The molecule has 3 aliphatic rings. The van der Waals surface area contributed by atoms with Crippen LogP contribution >= 0.6 is 0 Å². The highest BCUT2D eigenvalue weighted by atomic mass is 32.2. The van der Waals surface area contributed by atoms with Crippen LogP contribution in [0.25, 0.3) is 0 Å². The number of rotatable bonds is 5. The highest BCUT2D eigenvalue weighted by molar-refractivity contribution is 7.89. The van der Waals surface area contributed by atoms with Crippen molar-refractivity contribution in [3.8, 4) is 0 Å². The van der Waals surface area contributed by atoms with E-state index in [1.54, 1.807) is 10.4 Å². The van der Waals surface area contributed by atoms with Crippen LogP contribution in [0.15, 0.2) is 33.7 Å². The van der Waals surface area contributed by atoms with Crippen molar-refractivity contribution in [2.75, 3.05) is 39.3 Å². The summed E-state index contributed by atoms with van der Waals surface area (Å²) < 4.78 is 33.2. The van der Waals surface area contributed by atoms with Crippen molar-refractivity contribution in [2.24, 2.45) is 5.92 Å². The highest BCUT2D eigenvalue weighted by Gasteiger charge is 2.35. The van der Waals surface area contributed by atoms with Gasteiger partial charge in [0.1, 0.15) is 0 Å². The number of sulfonamides is 1. The number of piperazine rings is 1. The molecular weight excluding hydrogens is 440 g/mol. The van der Waals surface area contributed by atoms with Gasteiger partial charge in [-0.05, 0) is 62.3 Å². The molecule has 8 nitrogen and oxygen atoms in total. The molecule has 1 aromatic carbocycles. The lowest BCUT2D eigenvalue weighted by atomic mass is 9.96. The Morgan fingerprint density at radius 1 is 1.03 bits per heavy atom. The van der Waals surface area contributed by atoms with Crippen molar-refractivity contribution in [1.82, 2.24) is 19.3 Å². The van der Waals surface area contributed by atoms with Crippen molar-refractivity contribution in [3.05, 3.63) is 46.8 Å². The Bertz CT molecular complexity index is 1110. The molecule has 33 heavy (non-hydrogen) atoms. The number of aryl methyl sites for hydroxylation is 3. The average Bonchev–Trinajstić information content (AvgIpc) is 3.47. The number of aromatic nitrogens is 1. The summed E-state index contributed by atoms with van der Waals surface area (Å²) in [4.78, 5) is 17.7. The van der Waals surface area contributed by atoms with Gasteiger partial charge in [-0.3, -0.25) is 9.69 Å². The van der Waals surface area contributed by atoms with E-state index in [9.17, 15) is 13.2 Å². The van der Waals surface area contributed by atoms with Gasteiger partial charge in [-0.25, -0.2) is 8.42 Å². The quantitative estimate of drug-likeness (QED) is 0.663. The van der Waals surface area contributed by atoms with Crippen molar-refractivity contribution in [1.29, 1.82) is 0 Å². The van der Waals surface area contributed by atoms with Crippen molar-refractivity contribution < 1.29 is 17.7 Å². The molecule has 2 saturated heterocycles. The van der Waals surface area contributed by atoms with Gasteiger partial charge < -0.3 is 9.42 Å². The number of nitrogens with zero attached hydrogens (tertiary/aromatic N) is 4. The van der Waals surface area contributed by atoms with Crippen LogP contribution in [-0.2, 0) is 34.2 Å². The summed E-state index contributed by atoms with van der Waals surface area (Å²) in [6.45, 7) is 6.42. The van der Waals surface area contributed by atoms with Crippen molar-refractivity contribution in [2.45, 2.75) is 50.5 Å². The Balaban J connectivity index is 1.13. The van der Waals surface area contributed by atoms with Crippen LogP contribution in [0, 0.1) is 12.8 Å². The molecule has 2 fully saturated rings. The first kappa shape index (κ1) is 22.6. The van der Waals surface area contributed by atoms with E-state index in [-0.39, 0.29) is 11.8 Å². The third-order valence-electron chi connectivity index (χ3n) is 7.25. The van der Waals surface area contributed by atoms with Gasteiger partial charge >= 0.3 is 0 Å². The Labute approximate surface area is 195 Å². The number of carbonyl (C=O) groups is 1. The molecule has 1 amide bonds. The Morgan fingerprint density at radius 2 is 1.76 bits per heavy atom. The summed E-state index contributed by atoms with van der Waals surface area (Å²) in [6.07, 6.45) is 4.26. The molecule has 9 heteroatoms.